The van der Waals surface area contributed by atoms with Crippen molar-refractivity contribution in [2.24, 2.45) is 0 Å². The van der Waals surface area contributed by atoms with E-state index in [0.29, 0.717) is 17.9 Å². The van der Waals surface area contributed by atoms with Crippen molar-refractivity contribution in [3.8, 4) is 0 Å². The van der Waals surface area contributed by atoms with Gasteiger partial charge in [0.15, 0.2) is 5.76 Å². The maximum Gasteiger partial charge on any atom is 0.287 e. The molecule has 2 N–H and O–H groups in total. The summed E-state index contributed by atoms with van der Waals surface area (Å²) >= 11 is 0. The van der Waals surface area contributed by atoms with Gasteiger partial charge in [0.25, 0.3) is 5.91 Å². The molecule has 0 spiro atoms. The molecule has 0 unspecified atom stereocenters. The van der Waals surface area contributed by atoms with Crippen LogP contribution in [0.1, 0.15) is 27.7 Å². The fraction of sp³-hybridized carbons (Fsp3) is 0.250. The van der Waals surface area contributed by atoms with E-state index in [-0.39, 0.29) is 12.5 Å². The van der Waals surface area contributed by atoms with Crippen LogP contribution in [0.4, 0.5) is 0 Å². The molecule has 0 aliphatic carbocycles. The van der Waals surface area contributed by atoms with E-state index in [4.69, 9.17) is 4.42 Å². The highest BCUT2D eigenvalue weighted by Gasteiger charge is 2.23. The zero-order chi connectivity index (χ0) is 17.8. The van der Waals surface area contributed by atoms with Gasteiger partial charge in [0.05, 0.1) is 12.6 Å². The Morgan fingerprint density at radius 3 is 2.48 bits per heavy atom. The molecule has 130 valence electrons. The molecule has 0 aliphatic rings. The molecule has 2 aromatic carbocycles. The number of aliphatic hydroxyl groups is 1. The van der Waals surface area contributed by atoms with Crippen LogP contribution in [0, 0.1) is 0 Å². The van der Waals surface area contributed by atoms with Crippen molar-refractivity contribution in [3.05, 3.63) is 71.5 Å². The summed E-state index contributed by atoms with van der Waals surface area (Å²) in [4.78, 5) is 14.8. The summed E-state index contributed by atoms with van der Waals surface area (Å²) < 4.78 is 5.82. The minimum atomic E-state index is -0.478. The highest BCUT2D eigenvalue weighted by atomic mass is 16.3. The maximum absolute atomic E-state index is 12.8. The van der Waals surface area contributed by atoms with Crippen molar-refractivity contribution in [2.75, 3.05) is 20.7 Å². The Hall–Kier alpha value is -2.63. The molecule has 0 saturated carbocycles. The number of hydrogen-bond donors (Lipinski definition) is 2. The Balaban J connectivity index is 1.93. The Kier molecular flexibility index (Phi) is 5.16. The topological polar surface area (TPSA) is 65.7 Å². The molecule has 3 aromatic rings. The third-order valence-corrected chi connectivity index (χ3v) is 4.07. The van der Waals surface area contributed by atoms with Crippen LogP contribution in [0.25, 0.3) is 11.0 Å². The van der Waals surface area contributed by atoms with Gasteiger partial charge in [0, 0.05) is 17.5 Å². The lowest BCUT2D eigenvalue weighted by molar-refractivity contribution is 0.0888. The fourth-order valence-electron chi connectivity index (χ4n) is 2.90. The number of furan rings is 1. The van der Waals surface area contributed by atoms with Crippen LogP contribution in [-0.4, -0.2) is 36.6 Å². The minimum absolute atomic E-state index is 0.182. The third kappa shape index (κ3) is 3.73. The number of benzene rings is 2. The largest absolute Gasteiger partial charge is 0.451 e. The first-order valence-corrected chi connectivity index (χ1v) is 8.22. The molecule has 1 amide bonds. The SMILES string of the molecule is CN(C)Cc1c(C(=O)N[C@H](CO)c2ccccc2)oc2ccccc12. The minimum Gasteiger partial charge on any atom is -0.451 e. The lowest BCUT2D eigenvalue weighted by Gasteiger charge is -2.17. The van der Waals surface area contributed by atoms with Gasteiger partial charge in [0.2, 0.25) is 0 Å². The Bertz CT molecular complexity index is 856. The zero-order valence-electron chi connectivity index (χ0n) is 14.4. The number of nitrogens with zero attached hydrogens (tertiary/aromatic N) is 1. The van der Waals surface area contributed by atoms with Crippen LogP contribution >= 0.6 is 0 Å². The molecule has 1 aromatic heterocycles. The zero-order valence-corrected chi connectivity index (χ0v) is 14.4. The van der Waals surface area contributed by atoms with Gasteiger partial charge < -0.3 is 19.7 Å². The number of nitrogens with one attached hydrogen (secondary N) is 1. The Morgan fingerprint density at radius 2 is 1.80 bits per heavy atom. The van der Waals surface area contributed by atoms with E-state index >= 15 is 0 Å². The quantitative estimate of drug-likeness (QED) is 0.725. The van der Waals surface area contributed by atoms with Gasteiger partial charge in [-0.15, -0.1) is 0 Å². The number of para-hydroxylation sites is 1. The average molecular weight is 338 g/mol. The van der Waals surface area contributed by atoms with E-state index in [1.54, 1.807) is 0 Å². The molecular weight excluding hydrogens is 316 g/mol. The molecule has 0 aliphatic heterocycles. The number of hydrogen-bond acceptors (Lipinski definition) is 4. The number of rotatable bonds is 6. The highest BCUT2D eigenvalue weighted by Crippen LogP contribution is 2.27. The van der Waals surface area contributed by atoms with Gasteiger partial charge in [-0.1, -0.05) is 48.5 Å². The summed E-state index contributed by atoms with van der Waals surface area (Å²) in [6, 6.07) is 16.5. The first kappa shape index (κ1) is 17.2. The van der Waals surface area contributed by atoms with Crippen LogP contribution < -0.4 is 5.32 Å². The molecule has 0 saturated heterocycles. The first-order valence-electron chi connectivity index (χ1n) is 8.22. The van der Waals surface area contributed by atoms with Crippen LogP contribution in [0.3, 0.4) is 0 Å². The second-order valence-corrected chi connectivity index (χ2v) is 6.26. The molecule has 3 rings (SSSR count). The van der Waals surface area contributed by atoms with E-state index in [1.807, 2.05) is 73.6 Å². The van der Waals surface area contributed by atoms with Crippen molar-refractivity contribution < 1.29 is 14.3 Å². The second-order valence-electron chi connectivity index (χ2n) is 6.26. The lowest BCUT2D eigenvalue weighted by atomic mass is 10.1. The normalized spacial score (nSPS) is 12.5. The molecule has 0 radical (unpaired) electrons. The standard InChI is InChI=1S/C20H22N2O3/c1-22(2)12-16-15-10-6-7-11-18(15)25-19(16)20(24)21-17(13-23)14-8-4-3-5-9-14/h3-11,17,23H,12-13H2,1-2H3,(H,21,24)/t17-/m1/s1. The monoisotopic (exact) mass is 338 g/mol. The van der Waals surface area contributed by atoms with Crippen LogP contribution in [0.15, 0.2) is 59.0 Å². The van der Waals surface area contributed by atoms with Crippen LogP contribution in [0.2, 0.25) is 0 Å². The third-order valence-electron chi connectivity index (χ3n) is 4.07. The van der Waals surface area contributed by atoms with Gasteiger partial charge in [-0.05, 0) is 25.7 Å². The average Bonchev–Trinajstić information content (AvgIpc) is 2.98. The van der Waals surface area contributed by atoms with E-state index in [2.05, 4.69) is 5.32 Å². The number of aliphatic hydroxyl groups excluding tert-OH is 1. The van der Waals surface area contributed by atoms with E-state index in [9.17, 15) is 9.90 Å². The van der Waals surface area contributed by atoms with Crippen LogP contribution in [-0.2, 0) is 6.54 Å². The number of fused-ring (bicyclic) bond motifs is 1. The first-order chi connectivity index (χ1) is 12.1. The summed E-state index contributed by atoms with van der Waals surface area (Å²) in [7, 11) is 3.90. The molecule has 5 nitrogen and oxygen atoms in total. The number of amides is 1. The molecular formula is C20H22N2O3. The summed E-state index contributed by atoms with van der Waals surface area (Å²) in [5.74, 6) is -0.0276. The van der Waals surface area contributed by atoms with Crippen molar-refractivity contribution >= 4 is 16.9 Å². The molecule has 0 fully saturated rings. The van der Waals surface area contributed by atoms with Crippen molar-refractivity contribution in [1.82, 2.24) is 10.2 Å². The highest BCUT2D eigenvalue weighted by molar-refractivity contribution is 5.99. The molecule has 1 heterocycles. The summed E-state index contributed by atoms with van der Waals surface area (Å²) in [5, 5.41) is 13.5. The molecule has 0 bridgehead atoms. The summed E-state index contributed by atoms with van der Waals surface area (Å²) in [6.07, 6.45) is 0. The predicted octanol–water partition coefficient (Wildman–Crippen LogP) is 2.96. The summed E-state index contributed by atoms with van der Waals surface area (Å²) in [6.45, 7) is 0.411. The smallest absolute Gasteiger partial charge is 0.287 e. The van der Waals surface area contributed by atoms with Crippen molar-refractivity contribution in [3.63, 3.8) is 0 Å². The maximum atomic E-state index is 12.8. The van der Waals surface area contributed by atoms with Crippen molar-refractivity contribution in [1.29, 1.82) is 0 Å². The molecule has 5 heteroatoms. The van der Waals surface area contributed by atoms with E-state index < -0.39 is 6.04 Å². The van der Waals surface area contributed by atoms with Crippen LogP contribution in [0.5, 0.6) is 0 Å². The van der Waals surface area contributed by atoms with Gasteiger partial charge in [-0.25, -0.2) is 0 Å². The van der Waals surface area contributed by atoms with Crippen molar-refractivity contribution in [2.45, 2.75) is 12.6 Å². The van der Waals surface area contributed by atoms with Gasteiger partial charge in [-0.3, -0.25) is 4.79 Å². The Morgan fingerprint density at radius 1 is 1.12 bits per heavy atom. The second kappa shape index (κ2) is 7.51. The fourth-order valence-corrected chi connectivity index (χ4v) is 2.90. The van der Waals surface area contributed by atoms with E-state index in [1.165, 1.54) is 0 Å². The number of carbonyl (C=O) groups is 1. The van der Waals surface area contributed by atoms with Gasteiger partial charge in [0.1, 0.15) is 5.58 Å². The van der Waals surface area contributed by atoms with Gasteiger partial charge >= 0.3 is 0 Å². The molecule has 1 atom stereocenters. The number of carbonyl (C=O) groups excluding carboxylic acids is 1. The van der Waals surface area contributed by atoms with E-state index in [0.717, 1.165) is 16.5 Å². The Labute approximate surface area is 146 Å². The van der Waals surface area contributed by atoms with Gasteiger partial charge in [-0.2, -0.15) is 0 Å². The molecule has 25 heavy (non-hydrogen) atoms. The summed E-state index contributed by atoms with van der Waals surface area (Å²) in [5.41, 5.74) is 2.39. The predicted molar refractivity (Wildman–Crippen MR) is 97.3 cm³/mol. The lowest BCUT2D eigenvalue weighted by Crippen LogP contribution is -2.31.